The Morgan fingerprint density at radius 1 is 1.65 bits per heavy atom. The lowest BCUT2D eigenvalue weighted by molar-refractivity contribution is 0.102. The van der Waals surface area contributed by atoms with Crippen LogP contribution < -0.4 is 5.56 Å². The molecule has 0 saturated heterocycles. The van der Waals surface area contributed by atoms with Gasteiger partial charge in [0.25, 0.3) is 5.56 Å². The van der Waals surface area contributed by atoms with Gasteiger partial charge < -0.3 is 9.29 Å². The molecule has 0 atom stereocenters. The molecule has 0 aromatic carbocycles. The number of pyridine rings is 1. The lowest BCUT2D eigenvalue weighted by Gasteiger charge is -2.11. The van der Waals surface area contributed by atoms with Gasteiger partial charge in [-0.2, -0.15) is 5.26 Å². The fourth-order valence-electron chi connectivity index (χ4n) is 1.68. The Balaban J connectivity index is 0.00000200. The molecule has 0 fully saturated rings. The standard InChI is InChI=1S/C12H12N4O2S.BrH/c1-8-10(4-9(5-13)12(18)15-8)11(17)6-19-16-3-2-14-7-16;/h4,7H,2-3,6H2,1H3,(H,15,18);1H. The fourth-order valence-corrected chi connectivity index (χ4v) is 2.46. The first-order valence-electron chi connectivity index (χ1n) is 5.68. The number of aromatic amines is 1. The number of nitriles is 1. The van der Waals surface area contributed by atoms with E-state index in [-0.39, 0.29) is 34.1 Å². The van der Waals surface area contributed by atoms with Gasteiger partial charge in [0.2, 0.25) is 0 Å². The van der Waals surface area contributed by atoms with Crippen LogP contribution >= 0.6 is 28.9 Å². The van der Waals surface area contributed by atoms with Gasteiger partial charge in [-0.3, -0.25) is 14.6 Å². The second-order valence-electron chi connectivity index (χ2n) is 4.02. The number of aromatic nitrogens is 1. The maximum atomic E-state index is 12.1. The Kier molecular flexibility index (Phi) is 5.98. The van der Waals surface area contributed by atoms with Crippen LogP contribution in [0.4, 0.5) is 0 Å². The molecule has 0 aliphatic carbocycles. The number of H-pyrrole nitrogens is 1. The zero-order chi connectivity index (χ0) is 13.8. The summed E-state index contributed by atoms with van der Waals surface area (Å²) in [6, 6.07) is 3.14. The van der Waals surface area contributed by atoms with Gasteiger partial charge in [-0.1, -0.05) is 0 Å². The second kappa shape index (κ2) is 7.26. The minimum atomic E-state index is -0.462. The number of nitrogens with one attached hydrogen (secondary N) is 1. The molecule has 0 bridgehead atoms. The third-order valence-electron chi connectivity index (χ3n) is 2.68. The van der Waals surface area contributed by atoms with Crippen molar-refractivity contribution in [2.75, 3.05) is 18.8 Å². The second-order valence-corrected chi connectivity index (χ2v) is 5.04. The first-order chi connectivity index (χ1) is 9.11. The van der Waals surface area contributed by atoms with Gasteiger partial charge in [-0.25, -0.2) is 0 Å². The molecular weight excluding hydrogens is 344 g/mol. The van der Waals surface area contributed by atoms with Gasteiger partial charge in [0.05, 0.1) is 25.2 Å². The molecule has 0 spiro atoms. The van der Waals surface area contributed by atoms with Crippen molar-refractivity contribution in [3.63, 3.8) is 0 Å². The third kappa shape index (κ3) is 3.71. The van der Waals surface area contributed by atoms with Crippen molar-refractivity contribution >= 4 is 41.1 Å². The molecular formula is C12H13BrN4O2S. The molecule has 0 saturated carbocycles. The highest BCUT2D eigenvalue weighted by Gasteiger charge is 2.15. The molecule has 0 radical (unpaired) electrons. The third-order valence-corrected chi connectivity index (χ3v) is 3.68. The maximum absolute atomic E-state index is 12.1. The summed E-state index contributed by atoms with van der Waals surface area (Å²) in [7, 11) is 0. The van der Waals surface area contributed by atoms with E-state index >= 15 is 0 Å². The van der Waals surface area contributed by atoms with Crippen LogP contribution in [-0.4, -0.2) is 40.3 Å². The quantitative estimate of drug-likeness (QED) is 0.648. The van der Waals surface area contributed by atoms with E-state index in [1.54, 1.807) is 19.3 Å². The van der Waals surface area contributed by atoms with E-state index in [1.807, 2.05) is 4.31 Å². The van der Waals surface area contributed by atoms with Crippen LogP contribution in [0.2, 0.25) is 0 Å². The maximum Gasteiger partial charge on any atom is 0.266 e. The summed E-state index contributed by atoms with van der Waals surface area (Å²) >= 11 is 1.37. The lowest BCUT2D eigenvalue weighted by atomic mass is 10.1. The topological polar surface area (TPSA) is 89.3 Å². The van der Waals surface area contributed by atoms with Gasteiger partial charge in [0.1, 0.15) is 11.6 Å². The Morgan fingerprint density at radius 3 is 3.00 bits per heavy atom. The highest BCUT2D eigenvalue weighted by Crippen LogP contribution is 2.14. The summed E-state index contributed by atoms with van der Waals surface area (Å²) in [6.45, 7) is 3.20. The van der Waals surface area contributed by atoms with Crippen LogP contribution in [-0.2, 0) is 0 Å². The predicted molar refractivity (Wildman–Crippen MR) is 83.7 cm³/mol. The number of hydrogen-bond acceptors (Lipinski definition) is 6. The molecule has 2 heterocycles. The van der Waals surface area contributed by atoms with Crippen molar-refractivity contribution in [1.82, 2.24) is 9.29 Å². The van der Waals surface area contributed by atoms with Gasteiger partial charge in [-0.05, 0) is 24.9 Å². The summed E-state index contributed by atoms with van der Waals surface area (Å²) in [6.07, 6.45) is 1.71. The molecule has 6 nitrogen and oxygen atoms in total. The van der Waals surface area contributed by atoms with Crippen molar-refractivity contribution in [2.45, 2.75) is 6.92 Å². The van der Waals surface area contributed by atoms with Crippen molar-refractivity contribution in [3.05, 3.63) is 33.2 Å². The SMILES string of the molecule is Br.Cc1[nH]c(=O)c(C#N)cc1C(=O)CSN1C=NCC1. The predicted octanol–water partition coefficient (Wildman–Crippen LogP) is 1.31. The summed E-state index contributed by atoms with van der Waals surface area (Å²) in [5, 5.41) is 8.81. The Labute approximate surface area is 130 Å². The van der Waals surface area contributed by atoms with Crippen LogP contribution in [0.25, 0.3) is 0 Å². The van der Waals surface area contributed by atoms with E-state index in [1.165, 1.54) is 18.0 Å². The monoisotopic (exact) mass is 356 g/mol. The number of aryl methyl sites for hydroxylation is 1. The minimum Gasteiger partial charge on any atom is -0.325 e. The van der Waals surface area contributed by atoms with Gasteiger partial charge >= 0.3 is 0 Å². The first kappa shape index (κ1) is 16.5. The average molecular weight is 357 g/mol. The molecule has 0 amide bonds. The summed E-state index contributed by atoms with van der Waals surface area (Å²) in [5.74, 6) is 0.139. The van der Waals surface area contributed by atoms with Crippen molar-refractivity contribution in [3.8, 4) is 6.07 Å². The summed E-state index contributed by atoms with van der Waals surface area (Å²) < 4.78 is 1.89. The zero-order valence-electron chi connectivity index (χ0n) is 10.8. The average Bonchev–Trinajstić information content (AvgIpc) is 2.89. The molecule has 20 heavy (non-hydrogen) atoms. The Bertz CT molecular complexity index is 635. The number of rotatable bonds is 4. The lowest BCUT2D eigenvalue weighted by Crippen LogP contribution is -2.19. The number of carbonyl (C=O) groups is 1. The molecule has 1 aromatic rings. The van der Waals surface area contributed by atoms with Gasteiger partial charge in [0.15, 0.2) is 5.78 Å². The number of ketones is 1. The van der Waals surface area contributed by atoms with Gasteiger partial charge in [0, 0.05) is 11.3 Å². The molecule has 0 unspecified atom stereocenters. The van der Waals surface area contributed by atoms with E-state index in [9.17, 15) is 9.59 Å². The molecule has 8 heteroatoms. The number of Topliss-reactive ketones (excluding diaryl/α,β-unsaturated/α-hetero) is 1. The van der Waals surface area contributed by atoms with Crippen molar-refractivity contribution in [1.29, 1.82) is 5.26 Å². The van der Waals surface area contributed by atoms with Crippen LogP contribution in [0.3, 0.4) is 0 Å². The number of halogens is 1. The number of nitrogens with zero attached hydrogens (tertiary/aromatic N) is 3. The minimum absolute atomic E-state index is 0. The van der Waals surface area contributed by atoms with Crippen LogP contribution in [0.1, 0.15) is 21.6 Å². The van der Waals surface area contributed by atoms with Gasteiger partial charge in [-0.15, -0.1) is 17.0 Å². The van der Waals surface area contributed by atoms with Crippen LogP contribution in [0.5, 0.6) is 0 Å². The Morgan fingerprint density at radius 2 is 2.40 bits per heavy atom. The molecule has 1 aliphatic rings. The van der Waals surface area contributed by atoms with E-state index in [4.69, 9.17) is 5.26 Å². The van der Waals surface area contributed by atoms with Crippen LogP contribution in [0, 0.1) is 18.3 Å². The van der Waals surface area contributed by atoms with Crippen LogP contribution in [0.15, 0.2) is 15.9 Å². The van der Waals surface area contributed by atoms with E-state index < -0.39 is 5.56 Å². The van der Waals surface area contributed by atoms with E-state index in [0.717, 1.165) is 13.1 Å². The summed E-state index contributed by atoms with van der Waals surface area (Å²) in [5.41, 5.74) is 0.377. The normalized spacial score (nSPS) is 12.9. The van der Waals surface area contributed by atoms with Crippen molar-refractivity contribution < 1.29 is 4.79 Å². The fraction of sp³-hybridized carbons (Fsp3) is 0.333. The Hall–Kier alpha value is -1.59. The smallest absolute Gasteiger partial charge is 0.266 e. The van der Waals surface area contributed by atoms with E-state index in [0.29, 0.717) is 11.3 Å². The molecule has 1 aromatic heterocycles. The largest absolute Gasteiger partial charge is 0.325 e. The first-order valence-corrected chi connectivity index (χ1v) is 6.63. The van der Waals surface area contributed by atoms with Crippen molar-refractivity contribution in [2.24, 2.45) is 4.99 Å². The molecule has 106 valence electrons. The highest BCUT2D eigenvalue weighted by atomic mass is 79.9. The molecule has 2 rings (SSSR count). The molecule has 1 aliphatic heterocycles. The zero-order valence-corrected chi connectivity index (χ0v) is 13.3. The number of hydrogen-bond donors (Lipinski definition) is 1. The molecule has 1 N–H and O–H groups in total. The number of carbonyl (C=O) groups excluding carboxylic acids is 1. The summed E-state index contributed by atoms with van der Waals surface area (Å²) in [4.78, 5) is 30.0. The highest BCUT2D eigenvalue weighted by molar-refractivity contribution is 8.93. The number of aliphatic imine (C=N–C) groups is 1. The van der Waals surface area contributed by atoms with E-state index in [2.05, 4.69) is 9.98 Å².